The number of alkyl halides is 1. The van der Waals surface area contributed by atoms with Gasteiger partial charge in [0.25, 0.3) is 5.91 Å². The van der Waals surface area contributed by atoms with Crippen LogP contribution in [0.3, 0.4) is 0 Å². The SMILES string of the molecule is O=C(c1ccccc1)N1CCC2(CCCC2)C(Cl)C1. The van der Waals surface area contributed by atoms with Gasteiger partial charge >= 0.3 is 0 Å². The predicted molar refractivity (Wildman–Crippen MR) is 77.5 cm³/mol. The molecular formula is C16H20ClNO. The van der Waals surface area contributed by atoms with Gasteiger partial charge in [-0.1, -0.05) is 31.0 Å². The summed E-state index contributed by atoms with van der Waals surface area (Å²) in [6.07, 6.45) is 6.16. The fourth-order valence-electron chi connectivity index (χ4n) is 3.58. The lowest BCUT2D eigenvalue weighted by Gasteiger charge is -2.43. The molecular weight excluding hydrogens is 258 g/mol. The number of amides is 1. The maximum absolute atomic E-state index is 12.4. The maximum Gasteiger partial charge on any atom is 0.253 e. The van der Waals surface area contributed by atoms with Crippen molar-refractivity contribution in [2.45, 2.75) is 37.5 Å². The van der Waals surface area contributed by atoms with E-state index in [4.69, 9.17) is 11.6 Å². The van der Waals surface area contributed by atoms with Crippen molar-refractivity contribution < 1.29 is 4.79 Å². The van der Waals surface area contributed by atoms with Crippen molar-refractivity contribution in [2.75, 3.05) is 13.1 Å². The average Bonchev–Trinajstić information content (AvgIpc) is 2.92. The van der Waals surface area contributed by atoms with E-state index in [9.17, 15) is 4.79 Å². The maximum atomic E-state index is 12.4. The molecule has 102 valence electrons. The van der Waals surface area contributed by atoms with E-state index in [1.165, 1.54) is 25.7 Å². The van der Waals surface area contributed by atoms with E-state index in [0.717, 1.165) is 18.5 Å². The number of rotatable bonds is 1. The molecule has 1 saturated carbocycles. The number of nitrogens with zero attached hydrogens (tertiary/aromatic N) is 1. The third-order valence-corrected chi connectivity index (χ3v) is 5.43. The molecule has 1 aromatic rings. The second kappa shape index (κ2) is 5.16. The molecule has 2 aliphatic rings. The highest BCUT2D eigenvalue weighted by Gasteiger charge is 2.44. The second-order valence-corrected chi connectivity index (χ2v) is 6.43. The number of piperidine rings is 1. The minimum absolute atomic E-state index is 0.122. The molecule has 1 saturated heterocycles. The Labute approximate surface area is 119 Å². The Morgan fingerprint density at radius 2 is 1.84 bits per heavy atom. The summed E-state index contributed by atoms with van der Waals surface area (Å²) >= 11 is 6.61. The van der Waals surface area contributed by atoms with Gasteiger partial charge in [-0.3, -0.25) is 4.79 Å². The van der Waals surface area contributed by atoms with Crippen LogP contribution in [0.25, 0.3) is 0 Å². The third kappa shape index (κ3) is 2.38. The summed E-state index contributed by atoms with van der Waals surface area (Å²) in [6.45, 7) is 1.56. The number of hydrogen-bond donors (Lipinski definition) is 0. The van der Waals surface area contributed by atoms with E-state index in [1.807, 2.05) is 35.2 Å². The van der Waals surface area contributed by atoms with Crippen molar-refractivity contribution in [2.24, 2.45) is 5.41 Å². The number of hydrogen-bond acceptors (Lipinski definition) is 1. The van der Waals surface area contributed by atoms with Gasteiger partial charge in [-0.2, -0.15) is 0 Å². The number of carbonyl (C=O) groups excluding carboxylic acids is 1. The first kappa shape index (κ1) is 13.0. The fourth-order valence-corrected chi connectivity index (χ4v) is 4.08. The van der Waals surface area contributed by atoms with Gasteiger partial charge in [0.05, 0.1) is 5.38 Å². The predicted octanol–water partition coefficient (Wildman–Crippen LogP) is 3.70. The van der Waals surface area contributed by atoms with Crippen LogP contribution in [0.4, 0.5) is 0 Å². The summed E-state index contributed by atoms with van der Waals surface area (Å²) in [5.41, 5.74) is 1.09. The number of halogens is 1. The lowest BCUT2D eigenvalue weighted by Crippen LogP contribution is -2.49. The van der Waals surface area contributed by atoms with Gasteiger partial charge in [0.15, 0.2) is 0 Å². The number of benzene rings is 1. The minimum atomic E-state index is 0.122. The molecule has 1 atom stereocenters. The van der Waals surface area contributed by atoms with Crippen LogP contribution in [0.2, 0.25) is 0 Å². The zero-order chi connectivity index (χ0) is 13.3. The molecule has 1 amide bonds. The summed E-state index contributed by atoms with van der Waals surface area (Å²) in [4.78, 5) is 14.3. The molecule has 1 aliphatic heterocycles. The van der Waals surface area contributed by atoms with Crippen molar-refractivity contribution in [3.8, 4) is 0 Å². The van der Waals surface area contributed by atoms with Crippen LogP contribution in [0.15, 0.2) is 30.3 Å². The van der Waals surface area contributed by atoms with Gasteiger partial charge in [-0.05, 0) is 36.8 Å². The summed E-state index contributed by atoms with van der Waals surface area (Å²) in [7, 11) is 0. The molecule has 2 nitrogen and oxygen atoms in total. The van der Waals surface area contributed by atoms with Crippen molar-refractivity contribution >= 4 is 17.5 Å². The van der Waals surface area contributed by atoms with Crippen molar-refractivity contribution in [1.82, 2.24) is 4.90 Å². The van der Waals surface area contributed by atoms with E-state index in [1.54, 1.807) is 0 Å². The third-order valence-electron chi connectivity index (χ3n) is 4.83. The lowest BCUT2D eigenvalue weighted by molar-refractivity contribution is 0.0600. The molecule has 1 spiro atoms. The van der Waals surface area contributed by atoms with Gasteiger partial charge in [-0.25, -0.2) is 0 Å². The van der Waals surface area contributed by atoms with Crippen molar-refractivity contribution in [3.05, 3.63) is 35.9 Å². The van der Waals surface area contributed by atoms with Gasteiger partial charge in [0.2, 0.25) is 0 Å². The average molecular weight is 278 g/mol. The normalized spacial score (nSPS) is 25.7. The highest BCUT2D eigenvalue weighted by molar-refractivity contribution is 6.21. The molecule has 0 aromatic heterocycles. The molecule has 19 heavy (non-hydrogen) atoms. The molecule has 0 radical (unpaired) electrons. The van der Waals surface area contributed by atoms with Crippen molar-refractivity contribution in [1.29, 1.82) is 0 Å². The first-order valence-electron chi connectivity index (χ1n) is 7.20. The van der Waals surface area contributed by atoms with Gasteiger partial charge < -0.3 is 4.90 Å². The molecule has 2 fully saturated rings. The van der Waals surface area contributed by atoms with Crippen LogP contribution in [0, 0.1) is 5.41 Å². The Morgan fingerprint density at radius 3 is 2.47 bits per heavy atom. The lowest BCUT2D eigenvalue weighted by atomic mass is 9.76. The molecule has 0 N–H and O–H groups in total. The topological polar surface area (TPSA) is 20.3 Å². The quantitative estimate of drug-likeness (QED) is 0.717. The molecule has 1 unspecified atom stereocenters. The van der Waals surface area contributed by atoms with E-state index in [0.29, 0.717) is 12.0 Å². The summed E-state index contributed by atoms with van der Waals surface area (Å²) in [5.74, 6) is 0.124. The Bertz CT molecular complexity index is 453. The molecule has 1 aromatic carbocycles. The molecule has 1 aliphatic carbocycles. The second-order valence-electron chi connectivity index (χ2n) is 5.90. The van der Waals surface area contributed by atoms with E-state index in [2.05, 4.69) is 0 Å². The highest BCUT2D eigenvalue weighted by Crippen LogP contribution is 2.48. The Morgan fingerprint density at radius 1 is 1.16 bits per heavy atom. The first-order valence-corrected chi connectivity index (χ1v) is 7.63. The Balaban J connectivity index is 1.70. The highest BCUT2D eigenvalue weighted by atomic mass is 35.5. The molecule has 3 heteroatoms. The largest absolute Gasteiger partial charge is 0.337 e. The van der Waals surface area contributed by atoms with E-state index >= 15 is 0 Å². The minimum Gasteiger partial charge on any atom is -0.337 e. The van der Waals surface area contributed by atoms with Crippen LogP contribution in [-0.2, 0) is 0 Å². The summed E-state index contributed by atoms with van der Waals surface area (Å²) in [6, 6.07) is 9.52. The van der Waals surface area contributed by atoms with E-state index in [-0.39, 0.29) is 11.3 Å². The van der Waals surface area contributed by atoms with Gasteiger partial charge in [0, 0.05) is 18.7 Å². The number of likely N-dealkylation sites (tertiary alicyclic amines) is 1. The van der Waals surface area contributed by atoms with Crippen LogP contribution >= 0.6 is 11.6 Å². The molecule has 3 rings (SSSR count). The van der Waals surface area contributed by atoms with Crippen LogP contribution < -0.4 is 0 Å². The van der Waals surface area contributed by atoms with Gasteiger partial charge in [-0.15, -0.1) is 11.6 Å². The zero-order valence-electron chi connectivity index (χ0n) is 11.1. The summed E-state index contributed by atoms with van der Waals surface area (Å²) < 4.78 is 0. The summed E-state index contributed by atoms with van der Waals surface area (Å²) in [5, 5.41) is 0.122. The standard InChI is InChI=1S/C16H20ClNO/c17-14-12-18(11-10-16(14)8-4-5-9-16)15(19)13-6-2-1-3-7-13/h1-3,6-7,14H,4-5,8-12H2. The van der Waals surface area contributed by atoms with Gasteiger partial charge in [0.1, 0.15) is 0 Å². The molecule has 1 heterocycles. The van der Waals surface area contributed by atoms with Crippen LogP contribution in [0.5, 0.6) is 0 Å². The Kier molecular flexibility index (Phi) is 3.53. The smallest absolute Gasteiger partial charge is 0.253 e. The number of carbonyl (C=O) groups is 1. The van der Waals surface area contributed by atoms with E-state index < -0.39 is 0 Å². The molecule has 0 bridgehead atoms. The zero-order valence-corrected chi connectivity index (χ0v) is 11.9. The monoisotopic (exact) mass is 277 g/mol. The van der Waals surface area contributed by atoms with Crippen LogP contribution in [0.1, 0.15) is 42.5 Å². The Hall–Kier alpha value is -1.02. The van der Waals surface area contributed by atoms with Crippen LogP contribution in [-0.4, -0.2) is 29.3 Å². The van der Waals surface area contributed by atoms with Crippen molar-refractivity contribution in [3.63, 3.8) is 0 Å². The fraction of sp³-hybridized carbons (Fsp3) is 0.562. The first-order chi connectivity index (χ1) is 9.21.